The Labute approximate surface area is 120 Å². The van der Waals surface area contributed by atoms with Crippen LogP contribution in [0.3, 0.4) is 0 Å². The molecule has 0 spiro atoms. The molecule has 0 aliphatic carbocycles. The summed E-state index contributed by atoms with van der Waals surface area (Å²) in [6, 6.07) is 12.9. The Morgan fingerprint density at radius 3 is 2.16 bits per heavy atom. The van der Waals surface area contributed by atoms with Gasteiger partial charge in [-0.2, -0.15) is 0 Å². The molecule has 2 aromatic rings. The molecular weight excluding hydrogens is 254 g/mol. The van der Waals surface area contributed by atoms with E-state index in [-0.39, 0.29) is 6.04 Å². The number of halogens is 1. The molecule has 0 saturated carbocycles. The summed E-state index contributed by atoms with van der Waals surface area (Å²) in [5, 5.41) is 4.33. The van der Waals surface area contributed by atoms with E-state index in [4.69, 9.17) is 11.6 Å². The van der Waals surface area contributed by atoms with E-state index in [1.807, 2.05) is 18.2 Å². The van der Waals surface area contributed by atoms with Gasteiger partial charge in [-0.3, -0.25) is 0 Å². The first-order valence-corrected chi connectivity index (χ1v) is 6.94. The standard InChI is InChI=1S/C17H20ClN/c1-11-7-12(2)9-15(8-11)14(4)19-17-6-5-16(18)10-13(17)3/h5-10,14,19H,1-4H3. The fourth-order valence-electron chi connectivity index (χ4n) is 2.37. The summed E-state index contributed by atoms with van der Waals surface area (Å²) in [5.74, 6) is 0. The first kappa shape index (κ1) is 14.0. The molecule has 0 bridgehead atoms. The molecule has 100 valence electrons. The molecule has 2 aromatic carbocycles. The SMILES string of the molecule is Cc1cc(C)cc(C(C)Nc2ccc(Cl)cc2C)c1. The molecule has 1 nitrogen and oxygen atoms in total. The lowest BCUT2D eigenvalue weighted by molar-refractivity contribution is 0.878. The largest absolute Gasteiger partial charge is 0.378 e. The minimum absolute atomic E-state index is 0.276. The van der Waals surface area contributed by atoms with Gasteiger partial charge in [0.15, 0.2) is 0 Å². The highest BCUT2D eigenvalue weighted by atomic mass is 35.5. The Bertz CT molecular complexity index is 570. The predicted octanol–water partition coefficient (Wildman–Crippen LogP) is 5.44. The van der Waals surface area contributed by atoms with Crippen molar-refractivity contribution >= 4 is 17.3 Å². The maximum Gasteiger partial charge on any atom is 0.0485 e. The van der Waals surface area contributed by atoms with E-state index in [1.165, 1.54) is 22.3 Å². The van der Waals surface area contributed by atoms with Crippen molar-refractivity contribution in [3.8, 4) is 0 Å². The highest BCUT2D eigenvalue weighted by Crippen LogP contribution is 2.25. The Kier molecular flexibility index (Phi) is 4.16. The minimum Gasteiger partial charge on any atom is -0.378 e. The van der Waals surface area contributed by atoms with Crippen molar-refractivity contribution in [3.05, 3.63) is 63.7 Å². The highest BCUT2D eigenvalue weighted by Gasteiger charge is 2.08. The number of rotatable bonds is 3. The third-order valence-electron chi connectivity index (χ3n) is 3.30. The topological polar surface area (TPSA) is 12.0 Å². The quantitative estimate of drug-likeness (QED) is 0.785. The lowest BCUT2D eigenvalue weighted by atomic mass is 10.0. The van der Waals surface area contributed by atoms with Gasteiger partial charge in [0.1, 0.15) is 0 Å². The van der Waals surface area contributed by atoms with Gasteiger partial charge in [-0.1, -0.05) is 40.9 Å². The van der Waals surface area contributed by atoms with Crippen molar-refractivity contribution in [2.75, 3.05) is 5.32 Å². The van der Waals surface area contributed by atoms with E-state index in [0.29, 0.717) is 0 Å². The van der Waals surface area contributed by atoms with Crippen LogP contribution in [0.4, 0.5) is 5.69 Å². The Morgan fingerprint density at radius 2 is 1.58 bits per heavy atom. The molecule has 0 aromatic heterocycles. The summed E-state index contributed by atoms with van der Waals surface area (Å²) in [5.41, 5.74) is 6.22. The molecule has 0 fully saturated rings. The first-order valence-electron chi connectivity index (χ1n) is 6.56. The molecule has 2 heteroatoms. The molecule has 2 rings (SSSR count). The molecular formula is C17H20ClN. The summed E-state index contributed by atoms with van der Waals surface area (Å²) >= 11 is 5.98. The van der Waals surface area contributed by atoms with Crippen LogP contribution in [0.2, 0.25) is 5.02 Å². The maximum atomic E-state index is 5.98. The van der Waals surface area contributed by atoms with Gasteiger partial charge in [-0.05, 0) is 57.0 Å². The second kappa shape index (κ2) is 5.66. The Morgan fingerprint density at radius 1 is 0.947 bits per heavy atom. The zero-order chi connectivity index (χ0) is 14.0. The maximum absolute atomic E-state index is 5.98. The van der Waals surface area contributed by atoms with E-state index >= 15 is 0 Å². The van der Waals surface area contributed by atoms with Crippen LogP contribution < -0.4 is 5.32 Å². The molecule has 1 unspecified atom stereocenters. The average molecular weight is 274 g/mol. The van der Waals surface area contributed by atoms with Gasteiger partial charge < -0.3 is 5.32 Å². The van der Waals surface area contributed by atoms with Crippen LogP contribution in [0.1, 0.15) is 35.2 Å². The average Bonchev–Trinajstić information content (AvgIpc) is 2.31. The number of hydrogen-bond acceptors (Lipinski definition) is 1. The van der Waals surface area contributed by atoms with Gasteiger partial charge in [-0.15, -0.1) is 0 Å². The molecule has 0 amide bonds. The van der Waals surface area contributed by atoms with E-state index in [2.05, 4.69) is 51.2 Å². The van der Waals surface area contributed by atoms with Crippen molar-refractivity contribution in [1.82, 2.24) is 0 Å². The number of nitrogens with one attached hydrogen (secondary N) is 1. The number of benzene rings is 2. The van der Waals surface area contributed by atoms with E-state index < -0.39 is 0 Å². The highest BCUT2D eigenvalue weighted by molar-refractivity contribution is 6.30. The monoisotopic (exact) mass is 273 g/mol. The van der Waals surface area contributed by atoms with E-state index in [9.17, 15) is 0 Å². The lowest BCUT2D eigenvalue weighted by Crippen LogP contribution is -2.08. The van der Waals surface area contributed by atoms with Crippen LogP contribution in [0.25, 0.3) is 0 Å². The summed E-state index contributed by atoms with van der Waals surface area (Å²) in [4.78, 5) is 0. The Balaban J connectivity index is 2.22. The van der Waals surface area contributed by atoms with Gasteiger partial charge in [0, 0.05) is 16.8 Å². The third-order valence-corrected chi connectivity index (χ3v) is 3.54. The second-order valence-electron chi connectivity index (χ2n) is 5.25. The van der Waals surface area contributed by atoms with Gasteiger partial charge in [0.2, 0.25) is 0 Å². The molecule has 0 saturated heterocycles. The van der Waals surface area contributed by atoms with Gasteiger partial charge >= 0.3 is 0 Å². The molecule has 0 radical (unpaired) electrons. The van der Waals surface area contributed by atoms with Crippen LogP contribution in [-0.4, -0.2) is 0 Å². The normalized spacial score (nSPS) is 12.3. The molecule has 19 heavy (non-hydrogen) atoms. The van der Waals surface area contributed by atoms with Crippen LogP contribution in [0.5, 0.6) is 0 Å². The lowest BCUT2D eigenvalue weighted by Gasteiger charge is -2.18. The van der Waals surface area contributed by atoms with Gasteiger partial charge in [-0.25, -0.2) is 0 Å². The fourth-order valence-corrected chi connectivity index (χ4v) is 2.59. The van der Waals surface area contributed by atoms with E-state index in [1.54, 1.807) is 0 Å². The molecule has 1 atom stereocenters. The molecule has 1 N–H and O–H groups in total. The smallest absolute Gasteiger partial charge is 0.0485 e. The molecule has 0 aliphatic heterocycles. The second-order valence-corrected chi connectivity index (χ2v) is 5.68. The zero-order valence-corrected chi connectivity index (χ0v) is 12.7. The van der Waals surface area contributed by atoms with Crippen LogP contribution in [0.15, 0.2) is 36.4 Å². The summed E-state index contributed by atoms with van der Waals surface area (Å²) in [6.45, 7) is 8.53. The van der Waals surface area contributed by atoms with Crippen molar-refractivity contribution in [1.29, 1.82) is 0 Å². The predicted molar refractivity (Wildman–Crippen MR) is 84.1 cm³/mol. The number of anilines is 1. The number of hydrogen-bond donors (Lipinski definition) is 1. The van der Waals surface area contributed by atoms with E-state index in [0.717, 1.165) is 10.7 Å². The third kappa shape index (κ3) is 3.51. The van der Waals surface area contributed by atoms with Crippen LogP contribution >= 0.6 is 11.6 Å². The number of aryl methyl sites for hydroxylation is 3. The van der Waals surface area contributed by atoms with Crippen molar-refractivity contribution in [3.63, 3.8) is 0 Å². The van der Waals surface area contributed by atoms with Crippen LogP contribution in [0, 0.1) is 20.8 Å². The first-order chi connectivity index (χ1) is 8.95. The summed E-state index contributed by atoms with van der Waals surface area (Å²) in [6.07, 6.45) is 0. The van der Waals surface area contributed by atoms with Crippen LogP contribution in [-0.2, 0) is 0 Å². The van der Waals surface area contributed by atoms with Crippen molar-refractivity contribution in [2.45, 2.75) is 33.7 Å². The van der Waals surface area contributed by atoms with Crippen molar-refractivity contribution in [2.24, 2.45) is 0 Å². The zero-order valence-electron chi connectivity index (χ0n) is 11.9. The Hall–Kier alpha value is -1.47. The minimum atomic E-state index is 0.276. The fraction of sp³-hybridized carbons (Fsp3) is 0.294. The van der Waals surface area contributed by atoms with Gasteiger partial charge in [0.25, 0.3) is 0 Å². The molecule has 0 aliphatic rings. The summed E-state index contributed by atoms with van der Waals surface area (Å²) in [7, 11) is 0. The molecule has 0 heterocycles. The van der Waals surface area contributed by atoms with Crippen molar-refractivity contribution < 1.29 is 0 Å². The summed E-state index contributed by atoms with van der Waals surface area (Å²) < 4.78 is 0. The van der Waals surface area contributed by atoms with Gasteiger partial charge in [0.05, 0.1) is 0 Å².